The van der Waals surface area contributed by atoms with Gasteiger partial charge in [-0.25, -0.2) is 28.8 Å². The van der Waals surface area contributed by atoms with E-state index in [1.54, 1.807) is 166 Å². The van der Waals surface area contributed by atoms with Gasteiger partial charge in [0.2, 0.25) is 0 Å². The average Bonchev–Trinajstić information content (AvgIpc) is 0.752. The van der Waals surface area contributed by atoms with E-state index < -0.39 is 43.6 Å². The molecule has 530 valence electrons. The summed E-state index contributed by atoms with van der Waals surface area (Å²) in [6, 6.07) is 51.7. The van der Waals surface area contributed by atoms with E-state index in [1.807, 2.05) is 77.9 Å². The lowest BCUT2D eigenvalue weighted by Gasteiger charge is -2.30. The van der Waals surface area contributed by atoms with Crippen LogP contribution in [0.2, 0.25) is 0 Å². The second-order valence-corrected chi connectivity index (χ2v) is 27.5. The molecule has 0 fully saturated rings. The molecule has 0 aliphatic carbocycles. The van der Waals surface area contributed by atoms with E-state index in [9.17, 15) is 28.8 Å². The van der Waals surface area contributed by atoms with Gasteiger partial charge < -0.3 is 42.0 Å². The van der Waals surface area contributed by atoms with Crippen LogP contribution in [0.15, 0.2) is 255 Å². The summed E-state index contributed by atoms with van der Waals surface area (Å²) >= 11 is 0. The molecule has 0 aliphatic rings. The summed E-state index contributed by atoms with van der Waals surface area (Å²) in [5.74, 6) is -3.51. The Morgan fingerprint density at radius 1 is 0.260 bits per heavy atom. The normalized spacial score (nSPS) is 11.1. The van der Waals surface area contributed by atoms with Crippen LogP contribution in [-0.4, -0.2) is 35.8 Å². The molecule has 0 atom stereocenters. The Morgan fingerprint density at radius 3 is 0.577 bits per heavy atom. The summed E-state index contributed by atoms with van der Waals surface area (Å²) in [5, 5.41) is 0. The number of phosphoric ester groups is 1. The molecular formula is C87H81O16P. The minimum absolute atomic E-state index is 0.0464. The monoisotopic (exact) mass is 1410 g/mol. The highest BCUT2D eigenvalue weighted by Crippen LogP contribution is 2.61. The standard InChI is InChI=1S/C87H81O16P/c1-49(2)70-43-46-73(58-19-31-64(32-20-58)95-82(88)52(7)8)76(61-25-37-67(38-26-61)98-85(91)55(13)14)79(70)101-104(94,102-80-71(50(3)4)44-47-74(59-21-33-65(34-22-59)96-83(89)53(9)10)77(80)62-27-39-68(40-28-62)99-86(92)56(15)16)103-81-72(51(5)6)45-48-75(60-23-35-66(36-24-60)97-84(90)54(11)12)78(81)63-29-41-69(42-30-63)100-87(93)57(17)18/h19-51H,7,9,11,13,15,17H2,1-6,8,10,12,14,16,18H3. The molecule has 17 heteroatoms. The minimum atomic E-state index is -5.51. The fraction of sp³-hybridized carbons (Fsp3) is 0.172. The van der Waals surface area contributed by atoms with Gasteiger partial charge in [0.15, 0.2) is 0 Å². The molecule has 104 heavy (non-hydrogen) atoms. The highest BCUT2D eigenvalue weighted by molar-refractivity contribution is 7.49. The molecule has 16 nitrogen and oxygen atoms in total. The first-order chi connectivity index (χ1) is 49.3. The predicted molar refractivity (Wildman–Crippen MR) is 406 cm³/mol. The second kappa shape index (κ2) is 32.7. The maximum atomic E-state index is 18.2. The number of carbonyl (C=O) groups excluding carboxylic acids is 6. The van der Waals surface area contributed by atoms with Crippen LogP contribution in [0.4, 0.5) is 0 Å². The maximum Gasteiger partial charge on any atom is 0.647 e. The Balaban J connectivity index is 1.41. The predicted octanol–water partition coefficient (Wildman–Crippen LogP) is 21.6. The molecule has 0 spiro atoms. The van der Waals surface area contributed by atoms with E-state index in [2.05, 4.69) is 39.5 Å². The molecule has 0 saturated heterocycles. The van der Waals surface area contributed by atoms with Gasteiger partial charge >= 0.3 is 43.6 Å². The van der Waals surface area contributed by atoms with Gasteiger partial charge in [0.1, 0.15) is 51.7 Å². The third-order valence-corrected chi connectivity index (χ3v) is 17.5. The van der Waals surface area contributed by atoms with Gasteiger partial charge in [-0.2, -0.15) is 4.57 Å². The van der Waals surface area contributed by atoms with Crippen LogP contribution < -0.4 is 42.0 Å². The first-order valence-electron chi connectivity index (χ1n) is 33.4. The summed E-state index contributed by atoms with van der Waals surface area (Å²) in [7, 11) is -5.51. The number of esters is 6. The van der Waals surface area contributed by atoms with Crippen molar-refractivity contribution in [2.45, 2.75) is 101 Å². The molecule has 0 saturated carbocycles. The van der Waals surface area contributed by atoms with E-state index in [-0.39, 0.29) is 103 Å². The van der Waals surface area contributed by atoms with Crippen LogP contribution in [0.5, 0.6) is 51.7 Å². The zero-order chi connectivity index (χ0) is 75.6. The number of rotatable bonds is 27. The smallest absolute Gasteiger partial charge is 0.423 e. The van der Waals surface area contributed by atoms with Crippen molar-refractivity contribution in [3.8, 4) is 119 Å². The third-order valence-electron chi connectivity index (χ3n) is 16.3. The van der Waals surface area contributed by atoms with Gasteiger partial charge in [-0.1, -0.05) is 190 Å². The summed E-state index contributed by atoms with van der Waals surface area (Å²) in [6.07, 6.45) is 0. The Kier molecular flexibility index (Phi) is 23.9. The highest BCUT2D eigenvalue weighted by Gasteiger charge is 2.41. The summed E-state index contributed by atoms with van der Waals surface area (Å²) in [6.45, 7) is 43.5. The van der Waals surface area contributed by atoms with Gasteiger partial charge in [-0.15, -0.1) is 0 Å². The van der Waals surface area contributed by atoms with E-state index in [1.165, 1.54) is 20.8 Å². The van der Waals surface area contributed by atoms with Crippen molar-refractivity contribution in [2.75, 3.05) is 0 Å². The molecular weight excluding hydrogens is 1330 g/mol. The lowest BCUT2D eigenvalue weighted by Crippen LogP contribution is -2.14. The van der Waals surface area contributed by atoms with E-state index in [0.29, 0.717) is 83.5 Å². The summed E-state index contributed by atoms with van der Waals surface area (Å²) < 4.78 is 74.9. The Morgan fingerprint density at radius 2 is 0.423 bits per heavy atom. The van der Waals surface area contributed by atoms with Crippen molar-refractivity contribution in [3.63, 3.8) is 0 Å². The fourth-order valence-electron chi connectivity index (χ4n) is 10.8. The zero-order valence-electron chi connectivity index (χ0n) is 60.3. The van der Waals surface area contributed by atoms with Gasteiger partial charge in [0.05, 0.1) is 0 Å². The molecule has 0 unspecified atom stereocenters. The maximum absolute atomic E-state index is 18.2. The average molecular weight is 1410 g/mol. The second-order valence-electron chi connectivity index (χ2n) is 26.1. The fourth-order valence-corrected chi connectivity index (χ4v) is 12.1. The Hall–Kier alpha value is -12.1. The minimum Gasteiger partial charge on any atom is -0.423 e. The quantitative estimate of drug-likeness (QED) is 0.0203. The van der Waals surface area contributed by atoms with Crippen molar-refractivity contribution < 1.29 is 75.3 Å². The van der Waals surface area contributed by atoms with Crippen LogP contribution in [-0.2, 0) is 33.3 Å². The Labute approximate surface area is 606 Å². The van der Waals surface area contributed by atoms with Crippen LogP contribution in [0, 0.1) is 0 Å². The van der Waals surface area contributed by atoms with Crippen LogP contribution >= 0.6 is 7.82 Å². The number of hydrogen-bond donors (Lipinski definition) is 0. The van der Waals surface area contributed by atoms with Crippen molar-refractivity contribution in [1.82, 2.24) is 0 Å². The third kappa shape index (κ3) is 18.1. The number of hydrogen-bond acceptors (Lipinski definition) is 16. The zero-order valence-corrected chi connectivity index (χ0v) is 61.2. The largest absolute Gasteiger partial charge is 0.647 e. The molecule has 0 amide bonds. The van der Waals surface area contributed by atoms with E-state index in [0.717, 1.165) is 0 Å². The van der Waals surface area contributed by atoms with Crippen molar-refractivity contribution in [3.05, 3.63) is 272 Å². The molecule has 0 N–H and O–H groups in total. The molecule has 0 aliphatic heterocycles. The Bertz CT molecular complexity index is 4460. The molecule has 9 aromatic carbocycles. The van der Waals surface area contributed by atoms with Crippen LogP contribution in [0.1, 0.15) is 118 Å². The topological polar surface area (TPSA) is 203 Å². The molecule has 0 aromatic heterocycles. The van der Waals surface area contributed by atoms with Gasteiger partial charge in [-0.05, 0) is 199 Å². The van der Waals surface area contributed by atoms with Gasteiger partial charge in [0.25, 0.3) is 0 Å². The van der Waals surface area contributed by atoms with Crippen molar-refractivity contribution >= 4 is 43.6 Å². The number of phosphoric acid groups is 1. The van der Waals surface area contributed by atoms with Gasteiger partial charge in [0, 0.05) is 50.1 Å². The van der Waals surface area contributed by atoms with E-state index >= 15 is 4.57 Å². The summed E-state index contributed by atoms with van der Waals surface area (Å²) in [4.78, 5) is 77.6. The number of benzene rings is 9. The lowest BCUT2D eigenvalue weighted by molar-refractivity contribution is -0.130. The first-order valence-corrected chi connectivity index (χ1v) is 34.8. The molecule has 0 bridgehead atoms. The highest BCUT2D eigenvalue weighted by atomic mass is 31.2. The molecule has 9 aromatic rings. The van der Waals surface area contributed by atoms with Crippen LogP contribution in [0.25, 0.3) is 66.8 Å². The summed E-state index contributed by atoms with van der Waals surface area (Å²) in [5.41, 5.74) is 8.71. The van der Waals surface area contributed by atoms with Crippen molar-refractivity contribution in [1.29, 1.82) is 0 Å². The first kappa shape index (κ1) is 76.1. The van der Waals surface area contributed by atoms with Crippen molar-refractivity contribution in [2.24, 2.45) is 0 Å². The van der Waals surface area contributed by atoms with Gasteiger partial charge in [-0.3, -0.25) is 0 Å². The molecule has 0 radical (unpaired) electrons. The van der Waals surface area contributed by atoms with Crippen LogP contribution in [0.3, 0.4) is 0 Å². The lowest BCUT2D eigenvalue weighted by atomic mass is 9.89. The molecule has 9 rings (SSSR count). The van der Waals surface area contributed by atoms with E-state index in [4.69, 9.17) is 42.0 Å². The number of carbonyl (C=O) groups is 6. The SMILES string of the molecule is C=C(C)C(=O)Oc1ccc(-c2ccc(C(C)C)c(OP(=O)(Oc3c(C(C)C)ccc(-c4ccc(OC(=O)C(=C)C)cc4)c3-c3ccc(OC(=O)C(=C)C)cc3)Oc3c(C(C)C)ccc(-c4ccc(OC(=O)C(=C)C)cc4)c3-c3ccc(OC(=O)C(=C)C)cc3)c2-c2ccc(OC(=O)C(=C)C)cc2)cc1. The number of ether oxygens (including phenoxy) is 6. The molecule has 0 heterocycles.